The fourth-order valence-electron chi connectivity index (χ4n) is 1.03. The maximum absolute atomic E-state index is 5.94. The molecule has 0 amide bonds. The first-order valence-corrected chi connectivity index (χ1v) is 5.48. The van der Waals surface area contributed by atoms with Gasteiger partial charge in [0.25, 0.3) is 0 Å². The molecule has 1 heterocycles. The smallest absolute Gasteiger partial charge is 0.0908 e. The maximum Gasteiger partial charge on any atom is 0.0908 e. The Kier molecular flexibility index (Phi) is 3.70. The van der Waals surface area contributed by atoms with Crippen LogP contribution < -0.4 is 0 Å². The first-order chi connectivity index (χ1) is 6.27. The Labute approximate surface area is 87.4 Å². The predicted molar refractivity (Wildman–Crippen MR) is 60.7 cm³/mol. The van der Waals surface area contributed by atoms with Crippen molar-refractivity contribution in [1.29, 1.82) is 0 Å². The molecule has 1 aromatic carbocycles. The number of hydrogen-bond donors (Lipinski definition) is 0. The van der Waals surface area contributed by atoms with Crippen LogP contribution in [0, 0.1) is 6.92 Å². The first kappa shape index (κ1) is 10.5. The van der Waals surface area contributed by atoms with Crippen molar-refractivity contribution in [3.63, 3.8) is 0 Å². The lowest BCUT2D eigenvalue weighted by Gasteiger charge is -1.87. The van der Waals surface area contributed by atoms with Crippen LogP contribution in [-0.4, -0.2) is 4.98 Å². The van der Waals surface area contributed by atoms with Crippen molar-refractivity contribution < 1.29 is 0 Å². The average Bonchev–Trinajstić information content (AvgIpc) is 2.51. The Morgan fingerprint density at radius 1 is 1.31 bits per heavy atom. The van der Waals surface area contributed by atoms with Crippen LogP contribution in [0.1, 0.15) is 18.9 Å². The molecule has 0 spiro atoms. The van der Waals surface area contributed by atoms with Gasteiger partial charge >= 0.3 is 0 Å². The zero-order valence-corrected chi connectivity index (χ0v) is 9.54. The van der Waals surface area contributed by atoms with E-state index < -0.39 is 0 Å². The lowest BCUT2D eigenvalue weighted by Crippen LogP contribution is -1.67. The average molecular weight is 214 g/mol. The standard InChI is InChI=1S/C8H6ClNS.C2H6/c1-5-10-7-4-2-3-6(9)8(7)11-5;1-2/h2-4H,1H3;1-2H3. The van der Waals surface area contributed by atoms with Crippen molar-refractivity contribution in [1.82, 2.24) is 4.98 Å². The second-order valence-electron chi connectivity index (χ2n) is 2.32. The fourth-order valence-corrected chi connectivity index (χ4v) is 2.14. The van der Waals surface area contributed by atoms with Crippen molar-refractivity contribution in [3.8, 4) is 0 Å². The summed E-state index contributed by atoms with van der Waals surface area (Å²) in [5.41, 5.74) is 1.00. The van der Waals surface area contributed by atoms with Gasteiger partial charge in [-0.25, -0.2) is 4.98 Å². The summed E-state index contributed by atoms with van der Waals surface area (Å²) in [4.78, 5) is 4.31. The molecular weight excluding hydrogens is 202 g/mol. The lowest BCUT2D eigenvalue weighted by molar-refractivity contribution is 1.35. The SMILES string of the molecule is CC.Cc1nc2cccc(Cl)c2s1. The van der Waals surface area contributed by atoms with Gasteiger partial charge in [0.2, 0.25) is 0 Å². The zero-order chi connectivity index (χ0) is 9.84. The van der Waals surface area contributed by atoms with Gasteiger partial charge in [-0.2, -0.15) is 0 Å². The summed E-state index contributed by atoms with van der Waals surface area (Å²) in [5.74, 6) is 0. The highest BCUT2D eigenvalue weighted by molar-refractivity contribution is 7.19. The molecule has 0 saturated carbocycles. The van der Waals surface area contributed by atoms with Crippen LogP contribution in [0.15, 0.2) is 18.2 Å². The number of nitrogens with zero attached hydrogens (tertiary/aromatic N) is 1. The number of thiazole rings is 1. The summed E-state index contributed by atoms with van der Waals surface area (Å²) >= 11 is 7.58. The Bertz CT molecular complexity index is 395. The van der Waals surface area contributed by atoms with Crippen LogP contribution in [0.25, 0.3) is 10.2 Å². The molecule has 3 heteroatoms. The summed E-state index contributed by atoms with van der Waals surface area (Å²) in [6, 6.07) is 5.79. The van der Waals surface area contributed by atoms with Crippen molar-refractivity contribution in [2.75, 3.05) is 0 Å². The van der Waals surface area contributed by atoms with E-state index in [9.17, 15) is 0 Å². The van der Waals surface area contributed by atoms with Gasteiger partial charge in [-0.3, -0.25) is 0 Å². The molecule has 2 rings (SSSR count). The van der Waals surface area contributed by atoms with E-state index in [2.05, 4.69) is 4.98 Å². The molecule has 70 valence electrons. The molecule has 1 aromatic heterocycles. The van der Waals surface area contributed by atoms with E-state index in [0.29, 0.717) is 0 Å². The van der Waals surface area contributed by atoms with E-state index in [-0.39, 0.29) is 0 Å². The van der Waals surface area contributed by atoms with Gasteiger partial charge in [-0.15, -0.1) is 11.3 Å². The minimum Gasteiger partial charge on any atom is -0.241 e. The maximum atomic E-state index is 5.94. The highest BCUT2D eigenvalue weighted by Gasteiger charge is 2.01. The second-order valence-corrected chi connectivity index (χ2v) is 3.93. The molecule has 0 radical (unpaired) electrons. The van der Waals surface area contributed by atoms with Crippen LogP contribution in [0.2, 0.25) is 5.02 Å². The van der Waals surface area contributed by atoms with E-state index in [0.717, 1.165) is 20.2 Å². The second kappa shape index (κ2) is 4.58. The number of rotatable bonds is 0. The molecule has 0 bridgehead atoms. The van der Waals surface area contributed by atoms with Gasteiger partial charge < -0.3 is 0 Å². The highest BCUT2D eigenvalue weighted by atomic mass is 35.5. The number of aryl methyl sites for hydroxylation is 1. The molecule has 13 heavy (non-hydrogen) atoms. The van der Waals surface area contributed by atoms with Gasteiger partial charge in [-0.1, -0.05) is 31.5 Å². The summed E-state index contributed by atoms with van der Waals surface area (Å²) in [6.07, 6.45) is 0. The largest absolute Gasteiger partial charge is 0.241 e. The molecule has 0 aliphatic carbocycles. The molecule has 1 nitrogen and oxygen atoms in total. The van der Waals surface area contributed by atoms with E-state index in [1.54, 1.807) is 11.3 Å². The molecule has 2 aromatic rings. The summed E-state index contributed by atoms with van der Waals surface area (Å²) in [5, 5.41) is 1.86. The number of fused-ring (bicyclic) bond motifs is 1. The van der Waals surface area contributed by atoms with Gasteiger partial charge in [0.05, 0.1) is 20.2 Å². The third-order valence-electron chi connectivity index (χ3n) is 1.47. The Balaban J connectivity index is 0.000000396. The molecule has 0 fully saturated rings. The van der Waals surface area contributed by atoms with Crippen molar-refractivity contribution in [3.05, 3.63) is 28.2 Å². The minimum atomic E-state index is 0.799. The fraction of sp³-hybridized carbons (Fsp3) is 0.300. The topological polar surface area (TPSA) is 12.9 Å². The molecule has 0 N–H and O–H groups in total. The molecule has 0 atom stereocenters. The highest BCUT2D eigenvalue weighted by Crippen LogP contribution is 2.28. The molecule has 0 aliphatic heterocycles. The molecule has 0 unspecified atom stereocenters. The number of hydrogen-bond acceptors (Lipinski definition) is 2. The molecule has 0 saturated heterocycles. The van der Waals surface area contributed by atoms with E-state index in [1.807, 2.05) is 39.0 Å². The van der Waals surface area contributed by atoms with Crippen LogP contribution in [-0.2, 0) is 0 Å². The van der Waals surface area contributed by atoms with Crippen LogP contribution in [0.5, 0.6) is 0 Å². The minimum absolute atomic E-state index is 0.799. The van der Waals surface area contributed by atoms with Gasteiger partial charge in [0.1, 0.15) is 0 Å². The summed E-state index contributed by atoms with van der Waals surface area (Å²) in [7, 11) is 0. The molecular formula is C10H12ClNS. The quantitative estimate of drug-likeness (QED) is 0.637. The van der Waals surface area contributed by atoms with Crippen LogP contribution in [0.3, 0.4) is 0 Å². The third kappa shape index (κ3) is 2.20. The van der Waals surface area contributed by atoms with E-state index >= 15 is 0 Å². The summed E-state index contributed by atoms with van der Waals surface area (Å²) in [6.45, 7) is 5.99. The first-order valence-electron chi connectivity index (χ1n) is 4.29. The Morgan fingerprint density at radius 2 is 2.00 bits per heavy atom. The summed E-state index contributed by atoms with van der Waals surface area (Å²) < 4.78 is 1.09. The van der Waals surface area contributed by atoms with Gasteiger partial charge in [0.15, 0.2) is 0 Å². The van der Waals surface area contributed by atoms with E-state index in [4.69, 9.17) is 11.6 Å². The van der Waals surface area contributed by atoms with E-state index in [1.165, 1.54) is 0 Å². The third-order valence-corrected chi connectivity index (χ3v) is 2.92. The van der Waals surface area contributed by atoms with Crippen molar-refractivity contribution in [2.24, 2.45) is 0 Å². The number of aromatic nitrogens is 1. The van der Waals surface area contributed by atoms with Gasteiger partial charge in [-0.05, 0) is 19.1 Å². The lowest BCUT2D eigenvalue weighted by atomic mass is 10.3. The molecule has 0 aliphatic rings. The van der Waals surface area contributed by atoms with Crippen LogP contribution in [0.4, 0.5) is 0 Å². The Hall–Kier alpha value is -0.600. The van der Waals surface area contributed by atoms with Crippen LogP contribution >= 0.6 is 22.9 Å². The van der Waals surface area contributed by atoms with Gasteiger partial charge in [0, 0.05) is 0 Å². The number of halogens is 1. The normalized spacial score (nSPS) is 9.54. The Morgan fingerprint density at radius 3 is 2.62 bits per heavy atom. The van der Waals surface area contributed by atoms with Crippen molar-refractivity contribution in [2.45, 2.75) is 20.8 Å². The van der Waals surface area contributed by atoms with Crippen molar-refractivity contribution >= 4 is 33.2 Å². The monoisotopic (exact) mass is 213 g/mol. The predicted octanol–water partition coefficient (Wildman–Crippen LogP) is 4.28. The number of benzene rings is 1. The zero-order valence-electron chi connectivity index (χ0n) is 7.97.